The molecule has 0 atom stereocenters. The zero-order valence-corrected chi connectivity index (χ0v) is 17.2. The lowest BCUT2D eigenvalue weighted by molar-refractivity contribution is 0.0526. The number of nitrogens with one attached hydrogen (secondary N) is 2. The molecule has 2 N–H and O–H groups in total. The Labute approximate surface area is 171 Å². The molecule has 0 aliphatic rings. The Morgan fingerprint density at radius 3 is 2.31 bits per heavy atom. The number of carbonyl (C=O) groups excluding carboxylic acids is 1. The van der Waals surface area contributed by atoms with Gasteiger partial charge in [-0.1, -0.05) is 32.0 Å². The number of ether oxygens (including phenoxy) is 1. The molecule has 0 saturated heterocycles. The summed E-state index contributed by atoms with van der Waals surface area (Å²) in [5.74, 6) is 2.12. The van der Waals surface area contributed by atoms with Crippen LogP contribution < -0.4 is 10.6 Å². The van der Waals surface area contributed by atoms with Gasteiger partial charge in [-0.3, -0.25) is 0 Å². The van der Waals surface area contributed by atoms with Crippen LogP contribution in [0.25, 0.3) is 0 Å². The highest BCUT2D eigenvalue weighted by Crippen LogP contribution is 2.27. The summed E-state index contributed by atoms with van der Waals surface area (Å²) in [6.07, 6.45) is 0. The fourth-order valence-electron chi connectivity index (χ4n) is 3.00. The molecule has 0 amide bonds. The maximum absolute atomic E-state index is 11.8. The van der Waals surface area contributed by atoms with Crippen molar-refractivity contribution in [3.8, 4) is 0 Å². The summed E-state index contributed by atoms with van der Waals surface area (Å²) in [5, 5.41) is 6.67. The van der Waals surface area contributed by atoms with E-state index in [4.69, 9.17) is 4.74 Å². The number of rotatable bonds is 7. The van der Waals surface area contributed by atoms with Crippen molar-refractivity contribution in [1.82, 2.24) is 9.97 Å². The molecule has 6 heteroatoms. The van der Waals surface area contributed by atoms with Crippen molar-refractivity contribution in [3.63, 3.8) is 0 Å². The quantitative estimate of drug-likeness (QED) is 0.514. The van der Waals surface area contributed by atoms with Gasteiger partial charge >= 0.3 is 5.97 Å². The molecule has 0 bridgehead atoms. The van der Waals surface area contributed by atoms with E-state index in [1.54, 1.807) is 19.1 Å². The van der Waals surface area contributed by atoms with Crippen LogP contribution in [-0.2, 0) is 4.74 Å². The van der Waals surface area contributed by atoms with Gasteiger partial charge in [0.15, 0.2) is 0 Å². The molecule has 29 heavy (non-hydrogen) atoms. The van der Waals surface area contributed by atoms with Crippen LogP contribution in [0.15, 0.2) is 54.6 Å². The highest BCUT2D eigenvalue weighted by Gasteiger charge is 2.09. The summed E-state index contributed by atoms with van der Waals surface area (Å²) in [6, 6.07) is 17.2. The van der Waals surface area contributed by atoms with Gasteiger partial charge in [0.1, 0.15) is 17.5 Å². The highest BCUT2D eigenvalue weighted by molar-refractivity contribution is 5.89. The van der Waals surface area contributed by atoms with Gasteiger partial charge in [0, 0.05) is 17.4 Å². The van der Waals surface area contributed by atoms with E-state index in [9.17, 15) is 4.79 Å². The van der Waals surface area contributed by atoms with E-state index >= 15 is 0 Å². The fourth-order valence-corrected chi connectivity index (χ4v) is 3.00. The first-order valence-electron chi connectivity index (χ1n) is 9.72. The van der Waals surface area contributed by atoms with E-state index in [1.807, 2.05) is 43.3 Å². The monoisotopic (exact) mass is 390 g/mol. The molecule has 2 aromatic carbocycles. The zero-order chi connectivity index (χ0) is 20.8. The van der Waals surface area contributed by atoms with Crippen LogP contribution in [0.2, 0.25) is 0 Å². The van der Waals surface area contributed by atoms with E-state index < -0.39 is 0 Å². The van der Waals surface area contributed by atoms with Crippen LogP contribution in [0, 0.1) is 6.92 Å². The molecule has 0 saturated carbocycles. The van der Waals surface area contributed by atoms with Crippen molar-refractivity contribution in [2.45, 2.75) is 33.6 Å². The number of para-hydroxylation sites is 1. The Kier molecular flexibility index (Phi) is 6.44. The molecule has 0 spiro atoms. The van der Waals surface area contributed by atoms with Crippen LogP contribution in [0.4, 0.5) is 23.0 Å². The van der Waals surface area contributed by atoms with Gasteiger partial charge in [0.25, 0.3) is 0 Å². The van der Waals surface area contributed by atoms with Crippen LogP contribution in [0.5, 0.6) is 0 Å². The largest absolute Gasteiger partial charge is 0.462 e. The summed E-state index contributed by atoms with van der Waals surface area (Å²) in [4.78, 5) is 20.7. The summed E-state index contributed by atoms with van der Waals surface area (Å²) < 4.78 is 5.01. The van der Waals surface area contributed by atoms with Crippen molar-refractivity contribution >= 4 is 29.0 Å². The average molecular weight is 390 g/mol. The number of hydrogen-bond donors (Lipinski definition) is 2. The highest BCUT2D eigenvalue weighted by atomic mass is 16.5. The number of anilines is 4. The molecule has 0 unspecified atom stereocenters. The maximum atomic E-state index is 11.8. The topological polar surface area (TPSA) is 76.1 Å². The van der Waals surface area contributed by atoms with E-state index in [2.05, 4.69) is 40.5 Å². The first kappa shape index (κ1) is 20.3. The van der Waals surface area contributed by atoms with E-state index in [-0.39, 0.29) is 5.97 Å². The van der Waals surface area contributed by atoms with E-state index in [0.717, 1.165) is 17.2 Å². The van der Waals surface area contributed by atoms with Gasteiger partial charge in [-0.2, -0.15) is 0 Å². The van der Waals surface area contributed by atoms with Gasteiger partial charge < -0.3 is 15.4 Å². The van der Waals surface area contributed by atoms with E-state index in [0.29, 0.717) is 29.7 Å². The third-order valence-electron chi connectivity index (χ3n) is 4.35. The summed E-state index contributed by atoms with van der Waals surface area (Å²) in [5.41, 5.74) is 3.60. The lowest BCUT2D eigenvalue weighted by Crippen LogP contribution is -2.05. The lowest BCUT2D eigenvalue weighted by atomic mass is 10.0. The van der Waals surface area contributed by atoms with Crippen molar-refractivity contribution in [2.24, 2.45) is 0 Å². The number of esters is 1. The first-order chi connectivity index (χ1) is 14.0. The number of benzene rings is 2. The third kappa shape index (κ3) is 5.31. The van der Waals surface area contributed by atoms with Gasteiger partial charge in [0.05, 0.1) is 12.2 Å². The van der Waals surface area contributed by atoms with Crippen LogP contribution in [0.3, 0.4) is 0 Å². The zero-order valence-electron chi connectivity index (χ0n) is 17.2. The minimum absolute atomic E-state index is 0.327. The molecule has 3 aromatic rings. The number of carbonyl (C=O) groups is 1. The SMILES string of the molecule is CCOC(=O)c1ccc(Nc2cc(Nc3ccccc3C(C)C)nc(C)n2)cc1. The molecule has 0 aliphatic carbocycles. The molecule has 0 fully saturated rings. The van der Waals surface area contributed by atoms with Crippen LogP contribution >= 0.6 is 0 Å². The number of aromatic nitrogens is 2. The number of nitrogens with zero attached hydrogens (tertiary/aromatic N) is 2. The van der Waals surface area contributed by atoms with Crippen molar-refractivity contribution in [1.29, 1.82) is 0 Å². The smallest absolute Gasteiger partial charge is 0.338 e. The molecule has 0 aliphatic heterocycles. The number of aryl methyl sites for hydroxylation is 1. The molecular weight excluding hydrogens is 364 g/mol. The maximum Gasteiger partial charge on any atom is 0.338 e. The Morgan fingerprint density at radius 1 is 1.00 bits per heavy atom. The first-order valence-corrected chi connectivity index (χ1v) is 9.72. The molecule has 1 heterocycles. The predicted molar refractivity (Wildman–Crippen MR) is 116 cm³/mol. The fraction of sp³-hybridized carbons (Fsp3) is 0.261. The summed E-state index contributed by atoms with van der Waals surface area (Å²) in [6.45, 7) is 8.33. The Hall–Kier alpha value is -3.41. The third-order valence-corrected chi connectivity index (χ3v) is 4.35. The van der Waals surface area contributed by atoms with Crippen molar-refractivity contribution in [2.75, 3.05) is 17.2 Å². The summed E-state index contributed by atoms with van der Waals surface area (Å²) >= 11 is 0. The molecule has 1 aromatic heterocycles. The lowest BCUT2D eigenvalue weighted by Gasteiger charge is -2.15. The Bertz CT molecular complexity index is 984. The van der Waals surface area contributed by atoms with Crippen LogP contribution in [-0.4, -0.2) is 22.5 Å². The minimum Gasteiger partial charge on any atom is -0.462 e. The molecule has 0 radical (unpaired) electrons. The standard InChI is InChI=1S/C23H26N4O2/c1-5-29-23(28)17-10-12-18(13-11-17)26-21-14-22(25-16(4)24-21)27-20-9-7-6-8-19(20)15(2)3/h6-15H,5H2,1-4H3,(H2,24,25,26,27). The van der Waals surface area contributed by atoms with Crippen molar-refractivity contribution < 1.29 is 9.53 Å². The molecular formula is C23H26N4O2. The normalized spacial score (nSPS) is 10.7. The Balaban J connectivity index is 1.78. The van der Waals surface area contributed by atoms with Gasteiger partial charge in [-0.25, -0.2) is 14.8 Å². The Morgan fingerprint density at radius 2 is 1.66 bits per heavy atom. The number of hydrogen-bond acceptors (Lipinski definition) is 6. The van der Waals surface area contributed by atoms with Gasteiger partial charge in [-0.05, 0) is 55.7 Å². The van der Waals surface area contributed by atoms with E-state index in [1.165, 1.54) is 5.56 Å². The van der Waals surface area contributed by atoms with Crippen LogP contribution in [0.1, 0.15) is 48.4 Å². The summed E-state index contributed by atoms with van der Waals surface area (Å²) in [7, 11) is 0. The minimum atomic E-state index is -0.327. The van der Waals surface area contributed by atoms with Gasteiger partial charge in [0.2, 0.25) is 0 Å². The van der Waals surface area contributed by atoms with Crippen molar-refractivity contribution in [3.05, 3.63) is 71.5 Å². The average Bonchev–Trinajstić information content (AvgIpc) is 2.68. The molecule has 150 valence electrons. The predicted octanol–water partition coefficient (Wildman–Crippen LogP) is 5.57. The molecule has 6 nitrogen and oxygen atoms in total. The second-order valence-corrected chi connectivity index (χ2v) is 6.98. The van der Waals surface area contributed by atoms with Gasteiger partial charge in [-0.15, -0.1) is 0 Å². The second-order valence-electron chi connectivity index (χ2n) is 6.98. The second kappa shape index (κ2) is 9.19. The molecule has 3 rings (SSSR count).